The minimum Gasteiger partial charge on any atom is -0.308 e. The van der Waals surface area contributed by atoms with Gasteiger partial charge in [0.15, 0.2) is 0 Å². The highest BCUT2D eigenvalue weighted by Crippen LogP contribution is 2.27. The molecule has 3 aromatic rings. The molecule has 2 aromatic carbocycles. The molecule has 106 valence electrons. The van der Waals surface area contributed by atoms with Crippen molar-refractivity contribution in [2.45, 2.75) is 20.0 Å². The summed E-state index contributed by atoms with van der Waals surface area (Å²) >= 11 is 1.86. The third-order valence-electron chi connectivity index (χ3n) is 3.60. The van der Waals surface area contributed by atoms with Crippen LogP contribution in [0, 0.1) is 6.92 Å². The molecule has 21 heavy (non-hydrogen) atoms. The number of benzene rings is 2. The summed E-state index contributed by atoms with van der Waals surface area (Å²) in [5.41, 5.74) is 4.02. The highest BCUT2D eigenvalue weighted by Gasteiger charge is 2.03. The molecule has 1 nitrogen and oxygen atoms in total. The van der Waals surface area contributed by atoms with Crippen molar-refractivity contribution in [3.8, 4) is 10.4 Å². The van der Waals surface area contributed by atoms with E-state index in [9.17, 15) is 0 Å². The van der Waals surface area contributed by atoms with Crippen molar-refractivity contribution in [3.05, 3.63) is 82.7 Å². The van der Waals surface area contributed by atoms with E-state index < -0.39 is 0 Å². The molecule has 0 aliphatic carbocycles. The summed E-state index contributed by atoms with van der Waals surface area (Å²) in [7, 11) is 0. The number of hydrogen-bond donors (Lipinski definition) is 1. The molecule has 0 aliphatic heterocycles. The van der Waals surface area contributed by atoms with E-state index in [2.05, 4.69) is 79.0 Å². The lowest BCUT2D eigenvalue weighted by atomic mass is 10.1. The Labute approximate surface area is 130 Å². The van der Waals surface area contributed by atoms with Crippen molar-refractivity contribution in [1.29, 1.82) is 0 Å². The lowest BCUT2D eigenvalue weighted by molar-refractivity contribution is 0.698. The van der Waals surface area contributed by atoms with Crippen molar-refractivity contribution >= 4 is 11.3 Å². The molecule has 1 N–H and O–H groups in total. The first kappa shape index (κ1) is 14.1. The van der Waals surface area contributed by atoms with Crippen LogP contribution < -0.4 is 5.32 Å². The Balaban J connectivity index is 1.60. The Morgan fingerprint density at radius 2 is 1.57 bits per heavy atom. The molecule has 2 heteroatoms. The number of thiophene rings is 1. The standard InChI is InChI=1S/C19H19NS/c1-15-7-5-6-10-17(15)13-20-14-18-11-12-19(21-18)16-8-3-2-4-9-16/h2-12,20H,13-14H2,1H3. The normalized spacial score (nSPS) is 10.7. The third kappa shape index (κ3) is 3.60. The van der Waals surface area contributed by atoms with E-state index in [0.717, 1.165) is 13.1 Å². The summed E-state index contributed by atoms with van der Waals surface area (Å²) in [6.07, 6.45) is 0. The van der Waals surface area contributed by atoms with Gasteiger partial charge in [0.25, 0.3) is 0 Å². The lowest BCUT2D eigenvalue weighted by Gasteiger charge is -2.06. The van der Waals surface area contributed by atoms with Crippen LogP contribution >= 0.6 is 11.3 Å². The Kier molecular flexibility index (Phi) is 4.49. The van der Waals surface area contributed by atoms with Gasteiger partial charge < -0.3 is 5.32 Å². The monoisotopic (exact) mass is 293 g/mol. The van der Waals surface area contributed by atoms with Crippen LogP contribution in [0.2, 0.25) is 0 Å². The molecular formula is C19H19NS. The van der Waals surface area contributed by atoms with Gasteiger partial charge in [-0.05, 0) is 35.7 Å². The number of hydrogen-bond acceptors (Lipinski definition) is 2. The van der Waals surface area contributed by atoms with Crippen molar-refractivity contribution in [2.24, 2.45) is 0 Å². The van der Waals surface area contributed by atoms with Gasteiger partial charge in [-0.25, -0.2) is 0 Å². The quantitative estimate of drug-likeness (QED) is 0.697. The minimum absolute atomic E-state index is 0.922. The molecule has 0 amide bonds. The van der Waals surface area contributed by atoms with Gasteiger partial charge in [0, 0.05) is 22.8 Å². The molecule has 0 atom stereocenters. The summed E-state index contributed by atoms with van der Waals surface area (Å²) < 4.78 is 0. The number of rotatable bonds is 5. The largest absolute Gasteiger partial charge is 0.308 e. The van der Waals surface area contributed by atoms with Crippen LogP contribution in [0.4, 0.5) is 0 Å². The van der Waals surface area contributed by atoms with Crippen molar-refractivity contribution < 1.29 is 0 Å². The van der Waals surface area contributed by atoms with Crippen molar-refractivity contribution in [1.82, 2.24) is 5.32 Å². The number of aryl methyl sites for hydroxylation is 1. The molecule has 0 spiro atoms. The third-order valence-corrected chi connectivity index (χ3v) is 4.73. The Hall–Kier alpha value is -1.90. The molecule has 0 saturated carbocycles. The molecule has 3 rings (SSSR count). The van der Waals surface area contributed by atoms with Gasteiger partial charge in [-0.15, -0.1) is 11.3 Å². The van der Waals surface area contributed by atoms with E-state index in [-0.39, 0.29) is 0 Å². The molecule has 0 unspecified atom stereocenters. The van der Waals surface area contributed by atoms with E-state index in [0.29, 0.717) is 0 Å². The second-order valence-electron chi connectivity index (χ2n) is 5.16. The van der Waals surface area contributed by atoms with Crippen molar-refractivity contribution in [3.63, 3.8) is 0 Å². The summed E-state index contributed by atoms with van der Waals surface area (Å²) in [5, 5.41) is 3.53. The van der Waals surface area contributed by atoms with Crippen LogP contribution in [-0.4, -0.2) is 0 Å². The van der Waals surface area contributed by atoms with Crippen LogP contribution in [0.15, 0.2) is 66.7 Å². The Morgan fingerprint density at radius 1 is 0.810 bits per heavy atom. The van der Waals surface area contributed by atoms with Crippen LogP contribution in [-0.2, 0) is 13.1 Å². The molecule has 1 heterocycles. The fraction of sp³-hybridized carbons (Fsp3) is 0.158. The van der Waals surface area contributed by atoms with Gasteiger partial charge in [0.05, 0.1) is 0 Å². The zero-order valence-electron chi connectivity index (χ0n) is 12.2. The molecular weight excluding hydrogens is 274 g/mol. The zero-order valence-corrected chi connectivity index (χ0v) is 13.0. The van der Waals surface area contributed by atoms with Gasteiger partial charge in [0.1, 0.15) is 0 Å². The first-order valence-electron chi connectivity index (χ1n) is 7.22. The maximum atomic E-state index is 3.53. The molecule has 0 fully saturated rings. The van der Waals surface area contributed by atoms with E-state index in [1.807, 2.05) is 11.3 Å². The summed E-state index contributed by atoms with van der Waals surface area (Å²) in [4.78, 5) is 2.71. The SMILES string of the molecule is Cc1ccccc1CNCc1ccc(-c2ccccc2)s1. The van der Waals surface area contributed by atoms with Gasteiger partial charge in [-0.2, -0.15) is 0 Å². The second-order valence-corrected chi connectivity index (χ2v) is 6.33. The first-order valence-corrected chi connectivity index (χ1v) is 8.04. The fourth-order valence-electron chi connectivity index (χ4n) is 2.36. The van der Waals surface area contributed by atoms with Crippen LogP contribution in [0.25, 0.3) is 10.4 Å². The Bertz CT molecular complexity index is 700. The van der Waals surface area contributed by atoms with Crippen LogP contribution in [0.5, 0.6) is 0 Å². The van der Waals surface area contributed by atoms with E-state index in [1.54, 1.807) is 0 Å². The van der Waals surface area contributed by atoms with Gasteiger partial charge in [0.2, 0.25) is 0 Å². The maximum Gasteiger partial charge on any atom is 0.0346 e. The van der Waals surface area contributed by atoms with Crippen molar-refractivity contribution in [2.75, 3.05) is 0 Å². The maximum absolute atomic E-state index is 3.53. The second kappa shape index (κ2) is 6.70. The first-order chi connectivity index (χ1) is 10.3. The Morgan fingerprint density at radius 3 is 2.38 bits per heavy atom. The molecule has 0 aliphatic rings. The average molecular weight is 293 g/mol. The summed E-state index contributed by atoms with van der Waals surface area (Å²) in [5.74, 6) is 0. The smallest absolute Gasteiger partial charge is 0.0346 e. The highest BCUT2D eigenvalue weighted by atomic mass is 32.1. The van der Waals surface area contributed by atoms with Crippen LogP contribution in [0.3, 0.4) is 0 Å². The predicted molar refractivity (Wildman–Crippen MR) is 91.5 cm³/mol. The summed E-state index contributed by atoms with van der Waals surface area (Å²) in [6, 6.07) is 23.5. The van der Waals surface area contributed by atoms with E-state index in [4.69, 9.17) is 0 Å². The van der Waals surface area contributed by atoms with Gasteiger partial charge in [-0.1, -0.05) is 54.6 Å². The van der Waals surface area contributed by atoms with E-state index in [1.165, 1.54) is 26.4 Å². The van der Waals surface area contributed by atoms with E-state index >= 15 is 0 Å². The number of nitrogens with one attached hydrogen (secondary N) is 1. The topological polar surface area (TPSA) is 12.0 Å². The predicted octanol–water partition coefficient (Wildman–Crippen LogP) is 5.01. The molecule has 0 bridgehead atoms. The highest BCUT2D eigenvalue weighted by molar-refractivity contribution is 7.15. The van der Waals surface area contributed by atoms with Gasteiger partial charge >= 0.3 is 0 Å². The fourth-order valence-corrected chi connectivity index (χ4v) is 3.34. The lowest BCUT2D eigenvalue weighted by Crippen LogP contribution is -2.12. The minimum atomic E-state index is 0.922. The summed E-state index contributed by atoms with van der Waals surface area (Å²) in [6.45, 7) is 4.01. The zero-order chi connectivity index (χ0) is 14.5. The van der Waals surface area contributed by atoms with Crippen LogP contribution in [0.1, 0.15) is 16.0 Å². The molecule has 1 aromatic heterocycles. The van der Waals surface area contributed by atoms with Gasteiger partial charge in [-0.3, -0.25) is 0 Å². The average Bonchev–Trinajstić information content (AvgIpc) is 2.99. The molecule has 0 saturated heterocycles. The molecule has 0 radical (unpaired) electrons.